The quantitative estimate of drug-likeness (QED) is 0.0913. The first-order chi connectivity index (χ1) is 18.6. The van der Waals surface area contributed by atoms with Crippen molar-refractivity contribution in [3.05, 3.63) is 11.8 Å². The molecule has 39 heavy (non-hydrogen) atoms. The van der Waals surface area contributed by atoms with Crippen molar-refractivity contribution in [3.8, 4) is 5.88 Å². The Morgan fingerprint density at radius 3 is 2.36 bits per heavy atom. The average molecular weight is 676 g/mol. The molecule has 1 aromatic heterocycles. The van der Waals surface area contributed by atoms with Crippen molar-refractivity contribution in [3.63, 3.8) is 0 Å². The molecule has 0 N–H and O–H groups in total. The molecule has 1 fully saturated rings. The molecule has 1 saturated carbocycles. The molecule has 0 saturated heterocycles. The maximum absolute atomic E-state index is 13.1. The van der Waals surface area contributed by atoms with Gasteiger partial charge in [-0.1, -0.05) is 97.0 Å². The zero-order valence-corrected chi connectivity index (χ0v) is 27.9. The van der Waals surface area contributed by atoms with Gasteiger partial charge in [-0.05, 0) is 25.7 Å². The number of halogens is 1. The molecule has 6 nitrogen and oxygen atoms in total. The van der Waals surface area contributed by atoms with E-state index in [1.54, 1.807) is 0 Å². The van der Waals surface area contributed by atoms with E-state index in [1.807, 2.05) is 0 Å². The van der Waals surface area contributed by atoms with Crippen LogP contribution in [0.5, 0.6) is 5.88 Å². The molecule has 0 bridgehead atoms. The van der Waals surface area contributed by atoms with Gasteiger partial charge in [-0.2, -0.15) is 4.37 Å². The highest BCUT2D eigenvalue weighted by molar-refractivity contribution is 6.99. The van der Waals surface area contributed by atoms with Gasteiger partial charge in [-0.25, -0.2) is 0 Å². The molecule has 2 unspecified atom stereocenters. The standard InChI is InChI=1S/C31H54N3O3S.HI/c1-4-6-8-10-11-12-16-22-28(35)37-31(26-19-14-13-15-20-26)34(3)23-18-21-27(25-34)29-30(33-38-32-29)36-24-17-9-7-5-2;/h21,26,31H,4-20,22-25H2,1-3H3;1H/q+1;/p-1. The fourth-order valence-electron chi connectivity index (χ4n) is 6.20. The number of carbonyl (C=O) groups excluding carboxylic acids is 1. The number of ether oxygens (including phenoxy) is 2. The van der Waals surface area contributed by atoms with Crippen LogP contribution in [0.15, 0.2) is 6.08 Å². The van der Waals surface area contributed by atoms with Crippen molar-refractivity contribution in [2.45, 2.75) is 136 Å². The predicted molar refractivity (Wildman–Crippen MR) is 157 cm³/mol. The summed E-state index contributed by atoms with van der Waals surface area (Å²) in [6, 6.07) is 0. The maximum Gasteiger partial charge on any atom is 0.310 e. The van der Waals surface area contributed by atoms with Crippen LogP contribution in [0.25, 0.3) is 5.57 Å². The molecule has 2 atom stereocenters. The van der Waals surface area contributed by atoms with Gasteiger partial charge in [0, 0.05) is 24.3 Å². The van der Waals surface area contributed by atoms with Crippen LogP contribution >= 0.6 is 11.7 Å². The Hall–Kier alpha value is -0.740. The SMILES string of the molecule is CCCCCCCCCC(=O)OC(C1CCCCC1)[N+]1(C)CCC=C(c2nsnc2OCCCCCC)C1.[I-]. The van der Waals surface area contributed by atoms with Gasteiger partial charge in [0.1, 0.15) is 12.2 Å². The van der Waals surface area contributed by atoms with E-state index in [9.17, 15) is 4.79 Å². The van der Waals surface area contributed by atoms with E-state index in [2.05, 4.69) is 35.7 Å². The molecule has 0 amide bonds. The summed E-state index contributed by atoms with van der Waals surface area (Å²) in [6.07, 6.45) is 23.0. The summed E-state index contributed by atoms with van der Waals surface area (Å²) in [5, 5.41) is 0. The fraction of sp³-hybridized carbons (Fsp3) is 0.839. The fourth-order valence-corrected chi connectivity index (χ4v) is 6.73. The molecule has 0 aromatic carbocycles. The number of unbranched alkanes of at least 4 members (excludes halogenated alkanes) is 9. The molecule has 0 radical (unpaired) electrons. The van der Waals surface area contributed by atoms with Gasteiger partial charge in [0.05, 0.1) is 31.9 Å². The second kappa shape index (κ2) is 19.4. The van der Waals surface area contributed by atoms with Crippen molar-refractivity contribution in [2.75, 3.05) is 26.7 Å². The van der Waals surface area contributed by atoms with Crippen molar-refractivity contribution in [2.24, 2.45) is 5.92 Å². The Bertz CT molecular complexity index is 843. The minimum Gasteiger partial charge on any atom is -1.00 e. The zero-order valence-electron chi connectivity index (χ0n) is 24.9. The Kier molecular flexibility index (Phi) is 17.1. The molecule has 224 valence electrons. The molecule has 0 spiro atoms. The van der Waals surface area contributed by atoms with Crippen molar-refractivity contribution < 1.29 is 42.7 Å². The highest BCUT2D eigenvalue weighted by atomic mass is 127. The van der Waals surface area contributed by atoms with Gasteiger partial charge in [0.15, 0.2) is 0 Å². The Labute approximate surface area is 259 Å². The molecular weight excluding hydrogens is 621 g/mol. The smallest absolute Gasteiger partial charge is 0.310 e. The molecule has 8 heteroatoms. The predicted octanol–water partition coefficient (Wildman–Crippen LogP) is 5.33. The second-order valence-corrected chi connectivity index (χ2v) is 12.4. The van der Waals surface area contributed by atoms with Gasteiger partial charge in [0.2, 0.25) is 6.23 Å². The molecule has 2 heterocycles. The summed E-state index contributed by atoms with van der Waals surface area (Å²) in [6.45, 7) is 6.96. The van der Waals surface area contributed by atoms with Crippen LogP contribution in [-0.4, -0.2) is 52.2 Å². The van der Waals surface area contributed by atoms with Crippen LogP contribution in [0.3, 0.4) is 0 Å². The minimum absolute atomic E-state index is 0. The van der Waals surface area contributed by atoms with Crippen molar-refractivity contribution in [1.29, 1.82) is 0 Å². The van der Waals surface area contributed by atoms with E-state index >= 15 is 0 Å². The molecule has 1 aliphatic carbocycles. The van der Waals surface area contributed by atoms with Gasteiger partial charge in [-0.3, -0.25) is 9.28 Å². The lowest BCUT2D eigenvalue weighted by Gasteiger charge is -2.46. The number of carbonyl (C=O) groups is 1. The maximum atomic E-state index is 13.1. The largest absolute Gasteiger partial charge is 1.00 e. The van der Waals surface area contributed by atoms with Gasteiger partial charge >= 0.3 is 5.97 Å². The summed E-state index contributed by atoms with van der Waals surface area (Å²) in [4.78, 5) is 13.1. The first-order valence-corrected chi connectivity index (χ1v) is 16.5. The molecule has 1 aromatic rings. The Balaban J connectivity index is 0.00000533. The Morgan fingerprint density at radius 1 is 0.974 bits per heavy atom. The number of esters is 1. The topological polar surface area (TPSA) is 61.3 Å². The second-order valence-electron chi connectivity index (χ2n) is 11.9. The Morgan fingerprint density at radius 2 is 1.64 bits per heavy atom. The number of quaternary nitrogens is 1. The summed E-state index contributed by atoms with van der Waals surface area (Å²) in [5.41, 5.74) is 2.09. The van der Waals surface area contributed by atoms with Crippen LogP contribution in [0, 0.1) is 5.92 Å². The third-order valence-electron chi connectivity index (χ3n) is 8.47. The van der Waals surface area contributed by atoms with Crippen LogP contribution in [0.2, 0.25) is 0 Å². The molecule has 3 rings (SSSR count). The van der Waals surface area contributed by atoms with Crippen LogP contribution in [0.1, 0.15) is 135 Å². The minimum atomic E-state index is -0.0824. The van der Waals surface area contributed by atoms with Crippen molar-refractivity contribution in [1.82, 2.24) is 8.75 Å². The highest BCUT2D eigenvalue weighted by Gasteiger charge is 2.44. The zero-order chi connectivity index (χ0) is 27.1. The van der Waals surface area contributed by atoms with E-state index in [1.165, 1.54) is 87.9 Å². The number of aromatic nitrogens is 2. The number of hydrogen-bond donors (Lipinski definition) is 0. The van der Waals surface area contributed by atoms with E-state index in [0.717, 1.165) is 61.8 Å². The lowest BCUT2D eigenvalue weighted by molar-refractivity contribution is -0.951. The van der Waals surface area contributed by atoms with Crippen LogP contribution < -0.4 is 28.7 Å². The molecule has 2 aliphatic rings. The lowest BCUT2D eigenvalue weighted by Crippen LogP contribution is -3.00. The first-order valence-electron chi connectivity index (χ1n) is 15.8. The van der Waals surface area contributed by atoms with Gasteiger partial charge in [0.25, 0.3) is 5.88 Å². The van der Waals surface area contributed by atoms with Gasteiger partial charge < -0.3 is 33.5 Å². The number of rotatable bonds is 18. The normalized spacial score (nSPS) is 20.6. The summed E-state index contributed by atoms with van der Waals surface area (Å²) in [5.74, 6) is 1.11. The van der Waals surface area contributed by atoms with E-state index in [-0.39, 0.29) is 36.2 Å². The highest BCUT2D eigenvalue weighted by Crippen LogP contribution is 2.37. The van der Waals surface area contributed by atoms with E-state index in [0.29, 0.717) is 24.8 Å². The van der Waals surface area contributed by atoms with Gasteiger partial charge in [-0.15, -0.1) is 4.37 Å². The van der Waals surface area contributed by atoms with Crippen LogP contribution in [0.4, 0.5) is 0 Å². The van der Waals surface area contributed by atoms with Crippen LogP contribution in [-0.2, 0) is 9.53 Å². The molecule has 1 aliphatic heterocycles. The third-order valence-corrected chi connectivity index (χ3v) is 8.98. The monoisotopic (exact) mass is 675 g/mol. The number of nitrogens with zero attached hydrogens (tertiary/aromatic N) is 3. The molecular formula is C31H54IN3O3S. The lowest BCUT2D eigenvalue weighted by atomic mass is 9.86. The van der Waals surface area contributed by atoms with E-state index < -0.39 is 0 Å². The first kappa shape index (κ1) is 34.5. The summed E-state index contributed by atoms with van der Waals surface area (Å²) >= 11 is 1.23. The third kappa shape index (κ3) is 11.6. The summed E-state index contributed by atoms with van der Waals surface area (Å²) in [7, 11) is 2.29. The van der Waals surface area contributed by atoms with E-state index in [4.69, 9.17) is 9.47 Å². The number of hydrogen-bond acceptors (Lipinski definition) is 6. The summed E-state index contributed by atoms with van der Waals surface area (Å²) < 4.78 is 22.4. The van der Waals surface area contributed by atoms with Crippen molar-refractivity contribution >= 4 is 23.3 Å². The average Bonchev–Trinajstić information content (AvgIpc) is 3.40. The number of likely N-dealkylation sites (N-methyl/N-ethyl adjacent to an activating group) is 1.